The maximum absolute atomic E-state index is 13.7. The molecule has 2 aromatic rings. The van der Waals surface area contributed by atoms with E-state index in [4.69, 9.17) is 9.47 Å². The highest BCUT2D eigenvalue weighted by Gasteiger charge is 2.52. The maximum atomic E-state index is 13.7. The highest BCUT2D eigenvalue weighted by Crippen LogP contribution is 2.44. The minimum Gasteiger partial charge on any atom is -0.449 e. The predicted octanol–water partition coefficient (Wildman–Crippen LogP) is 3.93. The fourth-order valence-corrected chi connectivity index (χ4v) is 5.64. The molecular formula is C29H35N3O5. The predicted molar refractivity (Wildman–Crippen MR) is 140 cm³/mol. The molecule has 0 bridgehead atoms. The molecule has 1 atom stereocenters. The van der Waals surface area contributed by atoms with Gasteiger partial charge < -0.3 is 24.2 Å². The Morgan fingerprint density at radius 2 is 1.62 bits per heavy atom. The summed E-state index contributed by atoms with van der Waals surface area (Å²) in [7, 11) is 0. The highest BCUT2D eigenvalue weighted by atomic mass is 16.6. The Morgan fingerprint density at radius 3 is 2.30 bits per heavy atom. The van der Waals surface area contributed by atoms with Gasteiger partial charge in [-0.3, -0.25) is 4.79 Å². The SMILES string of the molecule is CC(C)OC(=O)N1CCN(c2ccc(C(C)(C)C(=O)N3CC[C@@]4(C3)OC(=O)c3ccccc34)cc2)CC1. The Balaban J connectivity index is 1.23. The van der Waals surface area contributed by atoms with E-state index in [-0.39, 0.29) is 24.1 Å². The second kappa shape index (κ2) is 9.39. The van der Waals surface area contributed by atoms with Crippen LogP contribution < -0.4 is 4.90 Å². The normalized spacial score (nSPS) is 21.4. The molecule has 2 saturated heterocycles. The van der Waals surface area contributed by atoms with Crippen molar-refractivity contribution in [2.45, 2.75) is 51.2 Å². The van der Waals surface area contributed by atoms with Crippen LogP contribution in [0, 0.1) is 0 Å². The number of carbonyl (C=O) groups excluding carboxylic acids is 3. The molecule has 0 unspecified atom stereocenters. The molecule has 196 valence electrons. The monoisotopic (exact) mass is 505 g/mol. The van der Waals surface area contributed by atoms with Crippen molar-refractivity contribution in [1.29, 1.82) is 0 Å². The number of piperazine rings is 1. The van der Waals surface area contributed by atoms with Crippen LogP contribution in [-0.4, -0.2) is 73.1 Å². The van der Waals surface area contributed by atoms with Crippen LogP contribution in [0.3, 0.4) is 0 Å². The van der Waals surface area contributed by atoms with Crippen molar-refractivity contribution < 1.29 is 23.9 Å². The number of hydrogen-bond donors (Lipinski definition) is 0. The zero-order valence-corrected chi connectivity index (χ0v) is 22.0. The first-order chi connectivity index (χ1) is 17.6. The first-order valence-electron chi connectivity index (χ1n) is 13.0. The van der Waals surface area contributed by atoms with E-state index < -0.39 is 11.0 Å². The minimum absolute atomic E-state index is 0.0230. The van der Waals surface area contributed by atoms with E-state index in [0.29, 0.717) is 38.2 Å². The van der Waals surface area contributed by atoms with E-state index in [1.54, 1.807) is 11.0 Å². The van der Waals surface area contributed by atoms with Crippen molar-refractivity contribution in [1.82, 2.24) is 9.80 Å². The van der Waals surface area contributed by atoms with E-state index in [9.17, 15) is 14.4 Å². The van der Waals surface area contributed by atoms with Crippen molar-refractivity contribution >= 4 is 23.7 Å². The Bertz CT molecular complexity index is 1200. The number of fused-ring (bicyclic) bond motifs is 2. The quantitative estimate of drug-likeness (QED) is 0.586. The van der Waals surface area contributed by atoms with Crippen LogP contribution in [0.5, 0.6) is 0 Å². The van der Waals surface area contributed by atoms with Crippen LogP contribution in [0.15, 0.2) is 48.5 Å². The molecule has 37 heavy (non-hydrogen) atoms. The van der Waals surface area contributed by atoms with Gasteiger partial charge in [0.05, 0.1) is 23.6 Å². The van der Waals surface area contributed by atoms with Crippen molar-refractivity contribution in [2.75, 3.05) is 44.2 Å². The van der Waals surface area contributed by atoms with Gasteiger partial charge in [-0.05, 0) is 51.5 Å². The lowest BCUT2D eigenvalue weighted by atomic mass is 9.83. The number of likely N-dealkylation sites (tertiary alicyclic amines) is 1. The summed E-state index contributed by atoms with van der Waals surface area (Å²) in [4.78, 5) is 44.1. The lowest BCUT2D eigenvalue weighted by molar-refractivity contribution is -0.136. The van der Waals surface area contributed by atoms with Crippen molar-refractivity contribution in [3.63, 3.8) is 0 Å². The molecule has 0 saturated carbocycles. The molecule has 8 nitrogen and oxygen atoms in total. The standard InChI is InChI=1S/C29H35N3O5/c1-20(2)36-27(35)31-17-15-30(16-18-31)22-11-9-21(10-12-22)28(3,4)26(34)32-14-13-29(19-32)24-8-6-5-7-23(24)25(33)37-29/h5-12,20H,13-19H2,1-4H3/t29-/m0/s1. The van der Waals surface area contributed by atoms with Crippen molar-refractivity contribution in [3.05, 3.63) is 65.2 Å². The third kappa shape index (κ3) is 4.54. The summed E-state index contributed by atoms with van der Waals surface area (Å²) >= 11 is 0. The van der Waals surface area contributed by atoms with Crippen molar-refractivity contribution in [3.8, 4) is 0 Å². The molecule has 1 spiro atoms. The second-order valence-electron chi connectivity index (χ2n) is 11.0. The molecule has 5 rings (SSSR count). The summed E-state index contributed by atoms with van der Waals surface area (Å²) in [6.45, 7) is 11.2. The second-order valence-corrected chi connectivity index (χ2v) is 11.0. The van der Waals surface area contributed by atoms with Gasteiger partial charge in [0.2, 0.25) is 5.91 Å². The van der Waals surface area contributed by atoms with E-state index >= 15 is 0 Å². The molecule has 8 heteroatoms. The van der Waals surface area contributed by atoms with Crippen LogP contribution in [0.2, 0.25) is 0 Å². The molecule has 3 heterocycles. The Labute approximate surface area is 218 Å². The van der Waals surface area contributed by atoms with Crippen molar-refractivity contribution in [2.24, 2.45) is 0 Å². The average Bonchev–Trinajstić information content (AvgIpc) is 3.44. The molecule has 0 radical (unpaired) electrons. The summed E-state index contributed by atoms with van der Waals surface area (Å²) in [5, 5.41) is 0. The van der Waals surface area contributed by atoms with Gasteiger partial charge >= 0.3 is 12.1 Å². The van der Waals surface area contributed by atoms with Gasteiger partial charge in [-0.25, -0.2) is 9.59 Å². The molecule has 0 aromatic heterocycles. The highest BCUT2D eigenvalue weighted by molar-refractivity contribution is 5.95. The molecular weight excluding hydrogens is 470 g/mol. The first kappa shape index (κ1) is 25.1. The van der Waals surface area contributed by atoms with Crippen LogP contribution in [0.4, 0.5) is 10.5 Å². The number of hydrogen-bond acceptors (Lipinski definition) is 6. The van der Waals surface area contributed by atoms with E-state index in [1.165, 1.54) is 0 Å². The molecule has 3 aliphatic rings. The van der Waals surface area contributed by atoms with Crippen LogP contribution in [0.25, 0.3) is 0 Å². The molecule has 2 fully saturated rings. The molecule has 3 aliphatic heterocycles. The maximum Gasteiger partial charge on any atom is 0.410 e. The summed E-state index contributed by atoms with van der Waals surface area (Å²) < 4.78 is 11.1. The summed E-state index contributed by atoms with van der Waals surface area (Å²) in [5.74, 6) is -0.285. The molecule has 0 aliphatic carbocycles. The smallest absolute Gasteiger partial charge is 0.410 e. The largest absolute Gasteiger partial charge is 0.449 e. The summed E-state index contributed by atoms with van der Waals surface area (Å²) in [5.41, 5.74) is 2.02. The number of nitrogens with zero attached hydrogens (tertiary/aromatic N) is 3. The number of carbonyl (C=O) groups is 3. The third-order valence-electron chi connectivity index (χ3n) is 7.81. The van der Waals surface area contributed by atoms with Gasteiger partial charge in [0.15, 0.2) is 5.60 Å². The number of anilines is 1. The molecule has 2 aromatic carbocycles. The fraction of sp³-hybridized carbons (Fsp3) is 0.483. The summed E-state index contributed by atoms with van der Waals surface area (Å²) in [6, 6.07) is 15.6. The van der Waals surface area contributed by atoms with E-state index in [1.807, 2.05) is 75.1 Å². The van der Waals surface area contributed by atoms with E-state index in [0.717, 1.165) is 29.9 Å². The number of benzene rings is 2. The average molecular weight is 506 g/mol. The van der Waals surface area contributed by atoms with E-state index in [2.05, 4.69) is 4.90 Å². The number of esters is 1. The Kier molecular flexibility index (Phi) is 6.38. The van der Waals surface area contributed by atoms with Gasteiger partial charge in [0.25, 0.3) is 0 Å². The first-order valence-corrected chi connectivity index (χ1v) is 13.0. The number of amides is 2. The third-order valence-corrected chi connectivity index (χ3v) is 7.81. The van der Waals surface area contributed by atoms with Crippen LogP contribution in [-0.2, 0) is 25.3 Å². The Hall–Kier alpha value is -3.55. The zero-order valence-electron chi connectivity index (χ0n) is 22.0. The lowest BCUT2D eigenvalue weighted by Crippen LogP contribution is -2.49. The van der Waals surface area contributed by atoms with Gasteiger partial charge in [0, 0.05) is 50.4 Å². The zero-order chi connectivity index (χ0) is 26.4. The lowest BCUT2D eigenvalue weighted by Gasteiger charge is -2.36. The number of rotatable bonds is 4. The van der Waals surface area contributed by atoms with Crippen LogP contribution in [0.1, 0.15) is 55.6 Å². The molecule has 2 amide bonds. The fourth-order valence-electron chi connectivity index (χ4n) is 5.64. The number of ether oxygens (including phenoxy) is 2. The minimum atomic E-state index is -0.743. The van der Waals surface area contributed by atoms with Gasteiger partial charge in [-0.2, -0.15) is 0 Å². The topological polar surface area (TPSA) is 79.4 Å². The Morgan fingerprint density at radius 1 is 0.946 bits per heavy atom. The van der Waals surface area contributed by atoms with Gasteiger partial charge in [-0.1, -0.05) is 30.3 Å². The molecule has 0 N–H and O–H groups in total. The van der Waals surface area contributed by atoms with Gasteiger partial charge in [-0.15, -0.1) is 0 Å². The van der Waals surface area contributed by atoms with Gasteiger partial charge in [0.1, 0.15) is 0 Å². The summed E-state index contributed by atoms with van der Waals surface area (Å²) in [6.07, 6.45) is 0.219. The van der Waals surface area contributed by atoms with Crippen LogP contribution >= 0.6 is 0 Å².